The highest BCUT2D eigenvalue weighted by molar-refractivity contribution is 6.03. The first-order valence-corrected chi connectivity index (χ1v) is 12.5. The number of hydrogen-bond acceptors (Lipinski definition) is 4. The molecule has 4 nitrogen and oxygen atoms in total. The van der Waals surface area contributed by atoms with Gasteiger partial charge in [-0.1, -0.05) is 81.4 Å². The standard InChI is InChI=1S/C32H31N3O/c1-18-16-22(32(5,6)7)17-19(2)27(18)35-30-28(25-14-10-8-12-23(25)20(3)33-30)36-29-26-15-11-9-13-24(26)21(4)34-31(29)35/h8-17H,1-7H3. The minimum atomic E-state index is 0.0605. The molecule has 3 aromatic carbocycles. The number of hydrogen-bond donors (Lipinski definition) is 0. The summed E-state index contributed by atoms with van der Waals surface area (Å²) < 4.78 is 6.76. The second-order valence-corrected chi connectivity index (χ2v) is 10.9. The highest BCUT2D eigenvalue weighted by Crippen LogP contribution is 2.55. The Morgan fingerprint density at radius 3 is 1.47 bits per heavy atom. The predicted molar refractivity (Wildman–Crippen MR) is 149 cm³/mol. The average molecular weight is 474 g/mol. The van der Waals surface area contributed by atoms with E-state index >= 15 is 0 Å². The van der Waals surface area contributed by atoms with E-state index in [2.05, 4.69) is 114 Å². The van der Waals surface area contributed by atoms with Crippen molar-refractivity contribution in [1.82, 2.24) is 9.97 Å². The number of pyridine rings is 2. The van der Waals surface area contributed by atoms with E-state index < -0.39 is 0 Å². The summed E-state index contributed by atoms with van der Waals surface area (Å²) in [6.45, 7) is 15.3. The number of aromatic nitrogens is 2. The van der Waals surface area contributed by atoms with Gasteiger partial charge in [0.2, 0.25) is 0 Å². The molecule has 0 aliphatic carbocycles. The second kappa shape index (κ2) is 7.79. The molecule has 1 aliphatic rings. The molecule has 4 heteroatoms. The smallest absolute Gasteiger partial charge is 0.183 e. The van der Waals surface area contributed by atoms with Crippen LogP contribution in [0.1, 0.15) is 48.8 Å². The first-order chi connectivity index (χ1) is 17.1. The van der Waals surface area contributed by atoms with Gasteiger partial charge < -0.3 is 4.74 Å². The van der Waals surface area contributed by atoms with Crippen molar-refractivity contribution in [2.24, 2.45) is 0 Å². The van der Waals surface area contributed by atoms with Crippen LogP contribution in [-0.2, 0) is 5.41 Å². The molecule has 0 saturated heterocycles. The van der Waals surface area contributed by atoms with Gasteiger partial charge in [-0.15, -0.1) is 0 Å². The normalized spacial score (nSPS) is 13.0. The minimum absolute atomic E-state index is 0.0605. The van der Waals surface area contributed by atoms with Gasteiger partial charge in [0.15, 0.2) is 23.1 Å². The summed E-state index contributed by atoms with van der Waals surface area (Å²) in [6, 6.07) is 21.3. The summed E-state index contributed by atoms with van der Waals surface area (Å²) in [5, 5.41) is 4.31. The zero-order valence-electron chi connectivity index (χ0n) is 22.0. The third-order valence-electron chi connectivity index (χ3n) is 7.28. The van der Waals surface area contributed by atoms with Crippen LogP contribution in [0.15, 0.2) is 60.7 Å². The van der Waals surface area contributed by atoms with Crippen molar-refractivity contribution in [2.75, 3.05) is 4.90 Å². The van der Waals surface area contributed by atoms with Crippen molar-refractivity contribution >= 4 is 38.9 Å². The fraction of sp³-hybridized carbons (Fsp3) is 0.250. The van der Waals surface area contributed by atoms with E-state index in [1.165, 1.54) is 16.7 Å². The van der Waals surface area contributed by atoms with Crippen LogP contribution in [0.4, 0.5) is 17.3 Å². The number of aryl methyl sites for hydroxylation is 4. The van der Waals surface area contributed by atoms with Gasteiger partial charge in [0.05, 0.1) is 5.69 Å². The van der Waals surface area contributed by atoms with Gasteiger partial charge in [0.25, 0.3) is 0 Å². The van der Waals surface area contributed by atoms with Gasteiger partial charge >= 0.3 is 0 Å². The number of nitrogens with zero attached hydrogens (tertiary/aromatic N) is 3. The molecule has 0 fully saturated rings. The quantitative estimate of drug-likeness (QED) is 0.239. The molecule has 0 unspecified atom stereocenters. The van der Waals surface area contributed by atoms with E-state index in [4.69, 9.17) is 14.7 Å². The van der Waals surface area contributed by atoms with Crippen molar-refractivity contribution in [3.8, 4) is 11.5 Å². The molecule has 0 atom stereocenters. The maximum Gasteiger partial charge on any atom is 0.183 e. The first-order valence-electron chi connectivity index (χ1n) is 12.5. The SMILES string of the molecule is Cc1cc(C(C)(C)C)cc(C)c1N1c2nc(C)c3ccccc3c2Oc2c1nc(C)c1ccccc21. The maximum absolute atomic E-state index is 6.76. The summed E-state index contributed by atoms with van der Waals surface area (Å²) in [5.74, 6) is 3.13. The lowest BCUT2D eigenvalue weighted by molar-refractivity contribution is 0.482. The van der Waals surface area contributed by atoms with E-state index in [-0.39, 0.29) is 5.41 Å². The molecule has 2 aromatic heterocycles. The number of ether oxygens (including phenoxy) is 1. The van der Waals surface area contributed by atoms with Gasteiger partial charge in [0, 0.05) is 32.9 Å². The summed E-state index contributed by atoms with van der Waals surface area (Å²) in [5.41, 5.74) is 6.82. The molecule has 3 heterocycles. The van der Waals surface area contributed by atoms with Crippen molar-refractivity contribution in [3.05, 3.63) is 88.7 Å². The number of benzene rings is 3. The van der Waals surface area contributed by atoms with Crippen molar-refractivity contribution in [3.63, 3.8) is 0 Å². The second-order valence-electron chi connectivity index (χ2n) is 10.9. The third-order valence-corrected chi connectivity index (χ3v) is 7.28. The minimum Gasteiger partial charge on any atom is -0.448 e. The van der Waals surface area contributed by atoms with Gasteiger partial charge in [-0.2, -0.15) is 0 Å². The molecule has 0 bridgehead atoms. The lowest BCUT2D eigenvalue weighted by Gasteiger charge is -2.35. The van der Waals surface area contributed by atoms with E-state index in [1.807, 2.05) is 0 Å². The number of rotatable bonds is 1. The highest BCUT2D eigenvalue weighted by atomic mass is 16.5. The molecule has 5 aromatic rings. The number of anilines is 3. The first kappa shape index (κ1) is 22.5. The molecule has 180 valence electrons. The van der Waals surface area contributed by atoms with E-state index in [9.17, 15) is 0 Å². The molecule has 0 radical (unpaired) electrons. The van der Waals surface area contributed by atoms with E-state index in [0.717, 1.165) is 61.8 Å². The lowest BCUT2D eigenvalue weighted by atomic mass is 9.84. The molecule has 36 heavy (non-hydrogen) atoms. The Morgan fingerprint density at radius 1 is 0.639 bits per heavy atom. The van der Waals surface area contributed by atoms with Gasteiger partial charge in [0.1, 0.15) is 0 Å². The van der Waals surface area contributed by atoms with Crippen LogP contribution < -0.4 is 9.64 Å². The van der Waals surface area contributed by atoms with E-state index in [0.29, 0.717) is 0 Å². The average Bonchev–Trinajstić information content (AvgIpc) is 2.84. The molecule has 1 aliphatic heterocycles. The Bertz CT molecular complexity index is 1580. The largest absolute Gasteiger partial charge is 0.448 e. The van der Waals surface area contributed by atoms with Crippen LogP contribution in [0.5, 0.6) is 11.5 Å². The van der Waals surface area contributed by atoms with E-state index in [1.54, 1.807) is 0 Å². The van der Waals surface area contributed by atoms with Crippen LogP contribution in [0, 0.1) is 27.7 Å². The molecule has 0 spiro atoms. The number of fused-ring (bicyclic) bond motifs is 6. The highest BCUT2D eigenvalue weighted by Gasteiger charge is 2.34. The van der Waals surface area contributed by atoms with Crippen molar-refractivity contribution in [1.29, 1.82) is 0 Å². The summed E-state index contributed by atoms with van der Waals surface area (Å²) in [7, 11) is 0. The molecule has 0 amide bonds. The fourth-order valence-corrected chi connectivity index (χ4v) is 5.43. The fourth-order valence-electron chi connectivity index (χ4n) is 5.43. The van der Waals surface area contributed by atoms with Crippen LogP contribution in [-0.4, -0.2) is 9.97 Å². The Kier molecular flexibility index (Phi) is 4.88. The molecule has 0 N–H and O–H groups in total. The van der Waals surface area contributed by atoms with Crippen LogP contribution in [0.3, 0.4) is 0 Å². The molecule has 0 saturated carbocycles. The van der Waals surface area contributed by atoms with Crippen LogP contribution in [0.25, 0.3) is 21.5 Å². The Morgan fingerprint density at radius 2 is 1.06 bits per heavy atom. The van der Waals surface area contributed by atoms with Crippen LogP contribution >= 0.6 is 0 Å². The molecule has 6 rings (SSSR count). The maximum atomic E-state index is 6.76. The Balaban J connectivity index is 1.74. The Hall–Kier alpha value is -3.92. The topological polar surface area (TPSA) is 38.2 Å². The van der Waals surface area contributed by atoms with Gasteiger partial charge in [-0.05, 0) is 49.8 Å². The van der Waals surface area contributed by atoms with Gasteiger partial charge in [-0.25, -0.2) is 9.97 Å². The van der Waals surface area contributed by atoms with Crippen molar-refractivity contribution in [2.45, 2.75) is 53.9 Å². The summed E-state index contributed by atoms with van der Waals surface area (Å²) in [4.78, 5) is 12.5. The lowest BCUT2D eigenvalue weighted by Crippen LogP contribution is -2.22. The Labute approximate surface area is 212 Å². The summed E-state index contributed by atoms with van der Waals surface area (Å²) >= 11 is 0. The molecular weight excluding hydrogens is 442 g/mol. The zero-order valence-corrected chi connectivity index (χ0v) is 22.0. The predicted octanol–water partition coefficient (Wildman–Crippen LogP) is 8.89. The monoisotopic (exact) mass is 473 g/mol. The van der Waals surface area contributed by atoms with Crippen LogP contribution in [0.2, 0.25) is 0 Å². The molecular formula is C32H31N3O. The zero-order chi connectivity index (χ0) is 25.4. The third kappa shape index (κ3) is 3.28. The van der Waals surface area contributed by atoms with Gasteiger partial charge in [-0.3, -0.25) is 4.90 Å². The van der Waals surface area contributed by atoms with Crippen molar-refractivity contribution < 1.29 is 4.74 Å². The summed E-state index contributed by atoms with van der Waals surface area (Å²) in [6.07, 6.45) is 0.